The SMILES string of the molecule is CCc1ccc(CN2CC[C@@H]3NC(=O)NCCNC(=O)c4cc(OCCOC)cc(c4)Oc4cccc(c4)CO[C@H]3C2)nc1. The second kappa shape index (κ2) is 15.5. The van der Waals surface area contributed by atoms with Gasteiger partial charge in [-0.25, -0.2) is 4.79 Å². The first-order valence-corrected chi connectivity index (χ1v) is 15.1. The molecule has 3 amide bonds. The van der Waals surface area contributed by atoms with Crippen molar-refractivity contribution in [3.63, 3.8) is 0 Å². The number of hydrogen-bond donors (Lipinski definition) is 3. The largest absolute Gasteiger partial charge is 0.491 e. The van der Waals surface area contributed by atoms with E-state index in [1.165, 1.54) is 5.56 Å². The van der Waals surface area contributed by atoms with Crippen molar-refractivity contribution < 1.29 is 28.5 Å². The van der Waals surface area contributed by atoms with Gasteiger partial charge < -0.3 is 34.9 Å². The van der Waals surface area contributed by atoms with Gasteiger partial charge in [-0.3, -0.25) is 14.7 Å². The summed E-state index contributed by atoms with van der Waals surface area (Å²) in [5, 5.41) is 8.80. The quantitative estimate of drug-likeness (QED) is 0.350. The summed E-state index contributed by atoms with van der Waals surface area (Å²) in [7, 11) is 1.60. The number of nitrogens with one attached hydrogen (secondary N) is 3. The van der Waals surface area contributed by atoms with Crippen LogP contribution in [0.15, 0.2) is 60.8 Å². The topological polar surface area (TPSA) is 123 Å². The molecule has 0 unspecified atom stereocenters. The first-order chi connectivity index (χ1) is 21.5. The van der Waals surface area contributed by atoms with Crippen molar-refractivity contribution in [2.45, 2.75) is 45.1 Å². The highest BCUT2D eigenvalue weighted by molar-refractivity contribution is 5.95. The van der Waals surface area contributed by atoms with Gasteiger partial charge in [0, 0.05) is 57.7 Å². The molecular formula is C33H41N5O6. The molecule has 0 aliphatic carbocycles. The van der Waals surface area contributed by atoms with Gasteiger partial charge in [0.05, 0.1) is 31.1 Å². The van der Waals surface area contributed by atoms with Crippen LogP contribution in [0.1, 0.15) is 40.5 Å². The Kier molecular flexibility index (Phi) is 11.0. The zero-order valence-electron chi connectivity index (χ0n) is 25.3. The number of methoxy groups -OCH3 is 1. The predicted molar refractivity (Wildman–Crippen MR) is 165 cm³/mol. The number of carbonyl (C=O) groups excluding carboxylic acids is 2. The summed E-state index contributed by atoms with van der Waals surface area (Å²) >= 11 is 0. The van der Waals surface area contributed by atoms with Crippen LogP contribution in [0.2, 0.25) is 0 Å². The van der Waals surface area contributed by atoms with Crippen LogP contribution < -0.4 is 25.4 Å². The minimum atomic E-state index is -0.302. The molecule has 2 aliphatic rings. The second-order valence-corrected chi connectivity index (χ2v) is 10.9. The van der Waals surface area contributed by atoms with E-state index in [2.05, 4.69) is 44.9 Å². The summed E-state index contributed by atoms with van der Waals surface area (Å²) in [6, 6.07) is 16.4. The van der Waals surface area contributed by atoms with E-state index in [0.717, 1.165) is 30.6 Å². The van der Waals surface area contributed by atoms with Gasteiger partial charge in [-0.05, 0) is 54.3 Å². The van der Waals surface area contributed by atoms with E-state index >= 15 is 0 Å². The van der Waals surface area contributed by atoms with Crippen molar-refractivity contribution in [2.24, 2.45) is 0 Å². The van der Waals surface area contributed by atoms with Gasteiger partial charge in [0.25, 0.3) is 5.91 Å². The number of amides is 3. The third-order valence-electron chi connectivity index (χ3n) is 7.63. The smallest absolute Gasteiger partial charge is 0.315 e. The van der Waals surface area contributed by atoms with Crippen LogP contribution in [-0.2, 0) is 29.0 Å². The van der Waals surface area contributed by atoms with Gasteiger partial charge in [0.2, 0.25) is 0 Å². The Morgan fingerprint density at radius 1 is 1.02 bits per heavy atom. The first-order valence-electron chi connectivity index (χ1n) is 15.1. The second-order valence-electron chi connectivity index (χ2n) is 10.9. The number of pyridine rings is 1. The summed E-state index contributed by atoms with van der Waals surface area (Å²) in [5.41, 5.74) is 3.52. The maximum atomic E-state index is 13.0. The van der Waals surface area contributed by atoms with E-state index in [-0.39, 0.29) is 37.2 Å². The number of aryl methyl sites for hydroxylation is 1. The average Bonchev–Trinajstić information content (AvgIpc) is 3.03. The Morgan fingerprint density at radius 3 is 2.73 bits per heavy atom. The Hall–Kier alpha value is -4.19. The highest BCUT2D eigenvalue weighted by Crippen LogP contribution is 2.29. The molecule has 11 nitrogen and oxygen atoms in total. The zero-order valence-corrected chi connectivity index (χ0v) is 25.3. The van der Waals surface area contributed by atoms with E-state index in [9.17, 15) is 9.59 Å². The minimum Gasteiger partial charge on any atom is -0.491 e. The summed E-state index contributed by atoms with van der Waals surface area (Å²) in [6.45, 7) is 5.87. The van der Waals surface area contributed by atoms with Crippen LogP contribution in [-0.4, -0.2) is 80.5 Å². The fraction of sp³-hybridized carbons (Fsp3) is 0.424. The van der Waals surface area contributed by atoms with E-state index in [1.807, 2.05) is 30.5 Å². The molecule has 1 fully saturated rings. The lowest BCUT2D eigenvalue weighted by Gasteiger charge is -2.38. The number of fused-ring (bicyclic) bond motifs is 5. The van der Waals surface area contributed by atoms with Gasteiger partial charge in [-0.15, -0.1) is 0 Å². The Balaban J connectivity index is 1.33. The third kappa shape index (κ3) is 8.91. The van der Waals surface area contributed by atoms with E-state index in [1.54, 1.807) is 25.3 Å². The van der Waals surface area contributed by atoms with Crippen LogP contribution in [0.3, 0.4) is 0 Å². The first kappa shape index (κ1) is 31.2. The standard InChI is InChI=1S/C33H41N5O6/c1-3-23-7-8-26(36-19-23)20-38-12-9-30-31(21-38)43-22-24-5-4-6-27(15-24)44-29-17-25(16-28(18-29)42-14-13-41-2)32(39)34-10-11-35-33(40)37-30/h4-8,15-19,30-31H,3,9-14,20-22H2,1-2H3,(H,34,39)(H2,35,37,40)/t30-,31-/m0/s1. The van der Waals surface area contributed by atoms with Crippen molar-refractivity contribution in [3.05, 3.63) is 83.2 Å². The molecule has 5 rings (SSSR count). The van der Waals surface area contributed by atoms with Crippen molar-refractivity contribution in [1.29, 1.82) is 0 Å². The lowest BCUT2D eigenvalue weighted by atomic mass is 10.0. The molecule has 3 aromatic rings. The van der Waals surface area contributed by atoms with Crippen LogP contribution in [0.4, 0.5) is 4.79 Å². The van der Waals surface area contributed by atoms with Crippen LogP contribution in [0, 0.1) is 0 Å². The molecule has 2 aromatic carbocycles. The molecule has 2 atom stereocenters. The van der Waals surface area contributed by atoms with E-state index in [4.69, 9.17) is 18.9 Å². The maximum absolute atomic E-state index is 13.0. The molecule has 3 heterocycles. The summed E-state index contributed by atoms with van der Waals surface area (Å²) < 4.78 is 23.5. The normalized spacial score (nSPS) is 19.7. The van der Waals surface area contributed by atoms with Crippen molar-refractivity contribution in [3.8, 4) is 17.2 Å². The third-order valence-corrected chi connectivity index (χ3v) is 7.63. The zero-order chi connectivity index (χ0) is 30.7. The summed E-state index contributed by atoms with van der Waals surface area (Å²) in [5.74, 6) is 1.25. The lowest BCUT2D eigenvalue weighted by molar-refractivity contribution is -0.0306. The van der Waals surface area contributed by atoms with Gasteiger partial charge in [-0.1, -0.05) is 25.1 Å². The van der Waals surface area contributed by atoms with Gasteiger partial charge >= 0.3 is 6.03 Å². The van der Waals surface area contributed by atoms with Crippen LogP contribution in [0.5, 0.6) is 17.2 Å². The molecule has 4 bridgehead atoms. The number of piperidine rings is 1. The number of rotatable bonds is 7. The molecule has 2 aliphatic heterocycles. The van der Waals surface area contributed by atoms with E-state index in [0.29, 0.717) is 55.7 Å². The van der Waals surface area contributed by atoms with Gasteiger partial charge in [-0.2, -0.15) is 0 Å². The number of benzene rings is 2. The molecule has 0 spiro atoms. The number of ether oxygens (including phenoxy) is 4. The van der Waals surface area contributed by atoms with Gasteiger partial charge in [0.1, 0.15) is 23.9 Å². The highest BCUT2D eigenvalue weighted by atomic mass is 16.5. The molecule has 3 N–H and O–H groups in total. The molecular weight excluding hydrogens is 562 g/mol. The maximum Gasteiger partial charge on any atom is 0.315 e. The number of hydrogen-bond acceptors (Lipinski definition) is 8. The molecule has 0 radical (unpaired) electrons. The fourth-order valence-electron chi connectivity index (χ4n) is 5.24. The number of aromatic nitrogens is 1. The van der Waals surface area contributed by atoms with Crippen molar-refractivity contribution >= 4 is 11.9 Å². The number of likely N-dealkylation sites (tertiary alicyclic amines) is 1. The fourth-order valence-corrected chi connectivity index (χ4v) is 5.24. The minimum absolute atomic E-state index is 0.175. The van der Waals surface area contributed by atoms with Gasteiger partial charge in [0.15, 0.2) is 0 Å². The van der Waals surface area contributed by atoms with Crippen LogP contribution >= 0.6 is 0 Å². The van der Waals surface area contributed by atoms with Crippen molar-refractivity contribution in [2.75, 3.05) is 46.5 Å². The Bertz CT molecular complexity index is 1400. The molecule has 11 heteroatoms. The Labute approximate surface area is 258 Å². The molecule has 44 heavy (non-hydrogen) atoms. The van der Waals surface area contributed by atoms with E-state index < -0.39 is 0 Å². The monoisotopic (exact) mass is 603 g/mol. The summed E-state index contributed by atoms with van der Waals surface area (Å²) in [6.07, 6.45) is 3.38. The van der Waals surface area contributed by atoms with Crippen molar-refractivity contribution in [1.82, 2.24) is 25.8 Å². The highest BCUT2D eigenvalue weighted by Gasteiger charge is 2.31. The lowest BCUT2D eigenvalue weighted by Crippen LogP contribution is -2.56. The number of carbonyl (C=O) groups is 2. The number of nitrogens with zero attached hydrogens (tertiary/aromatic N) is 2. The summed E-state index contributed by atoms with van der Waals surface area (Å²) in [4.78, 5) is 32.8. The van der Waals surface area contributed by atoms with Crippen LogP contribution in [0.25, 0.3) is 0 Å². The number of urea groups is 1. The molecule has 234 valence electrons. The molecule has 1 saturated heterocycles. The predicted octanol–water partition coefficient (Wildman–Crippen LogP) is 3.66. The molecule has 1 aromatic heterocycles. The Morgan fingerprint density at radius 2 is 1.91 bits per heavy atom. The molecule has 0 saturated carbocycles. The average molecular weight is 604 g/mol.